The highest BCUT2D eigenvalue weighted by Gasteiger charge is 2.05. The van der Waals surface area contributed by atoms with E-state index >= 15 is 0 Å². The lowest BCUT2D eigenvalue weighted by atomic mass is 10.1. The number of rotatable bonds is 5. The molecule has 0 aliphatic carbocycles. The third-order valence-corrected chi connectivity index (χ3v) is 2.66. The minimum Gasteiger partial charge on any atom is -0.374 e. The normalized spacial score (nSPS) is 10.7. The van der Waals surface area contributed by atoms with Crippen LogP contribution in [0, 0.1) is 5.92 Å². The summed E-state index contributed by atoms with van der Waals surface area (Å²) in [6.45, 7) is 6.21. The van der Waals surface area contributed by atoms with Crippen LogP contribution in [0.15, 0.2) is 24.3 Å². The molecule has 0 spiro atoms. The number of hydrogen-bond donors (Lipinski definition) is 1. The number of hydrogen-bond acceptors (Lipinski definition) is 2. The zero-order valence-corrected chi connectivity index (χ0v) is 10.0. The summed E-state index contributed by atoms with van der Waals surface area (Å²) in [4.78, 5) is 2.29. The van der Waals surface area contributed by atoms with Gasteiger partial charge in [0.05, 0.1) is 0 Å². The Hall–Kier alpha value is -1.02. The molecule has 2 nitrogen and oxygen atoms in total. The predicted octanol–water partition coefficient (Wildman–Crippen LogP) is 2.63. The van der Waals surface area contributed by atoms with Crippen LogP contribution in [0.2, 0.25) is 0 Å². The average Bonchev–Trinajstić information content (AvgIpc) is 2.25. The maximum atomic E-state index is 5.72. The summed E-state index contributed by atoms with van der Waals surface area (Å²) < 4.78 is 0. The molecule has 0 bridgehead atoms. The molecule has 0 fully saturated rings. The summed E-state index contributed by atoms with van der Waals surface area (Å²) in [5.74, 6) is 0.748. The van der Waals surface area contributed by atoms with Crippen LogP contribution in [-0.4, -0.2) is 13.6 Å². The zero-order chi connectivity index (χ0) is 11.3. The van der Waals surface area contributed by atoms with E-state index < -0.39 is 0 Å². The highest BCUT2D eigenvalue weighted by atomic mass is 15.1. The third kappa shape index (κ3) is 3.56. The van der Waals surface area contributed by atoms with Crippen LogP contribution in [0.25, 0.3) is 0 Å². The molecular weight excluding hydrogens is 184 g/mol. The predicted molar refractivity (Wildman–Crippen MR) is 67.1 cm³/mol. The molecule has 0 saturated heterocycles. The molecule has 1 aromatic carbocycles. The van der Waals surface area contributed by atoms with E-state index in [2.05, 4.69) is 44.0 Å². The van der Waals surface area contributed by atoms with Gasteiger partial charge in [-0.3, -0.25) is 0 Å². The number of nitrogens with zero attached hydrogens (tertiary/aromatic N) is 1. The summed E-state index contributed by atoms with van der Waals surface area (Å²) in [7, 11) is 2.14. The van der Waals surface area contributed by atoms with Gasteiger partial charge in [-0.15, -0.1) is 0 Å². The smallest absolute Gasteiger partial charge is 0.0409 e. The van der Waals surface area contributed by atoms with Gasteiger partial charge in [0, 0.05) is 25.8 Å². The number of anilines is 1. The molecule has 0 atom stereocenters. The third-order valence-electron chi connectivity index (χ3n) is 2.66. The van der Waals surface area contributed by atoms with Crippen LogP contribution in [0.5, 0.6) is 0 Å². The Labute approximate surface area is 93.1 Å². The molecule has 0 saturated carbocycles. The lowest BCUT2D eigenvalue weighted by Gasteiger charge is -2.22. The van der Waals surface area contributed by atoms with Gasteiger partial charge in [-0.1, -0.05) is 32.0 Å². The van der Waals surface area contributed by atoms with E-state index in [1.54, 1.807) is 0 Å². The van der Waals surface area contributed by atoms with Crippen LogP contribution in [0.3, 0.4) is 0 Å². The van der Waals surface area contributed by atoms with Crippen molar-refractivity contribution in [1.82, 2.24) is 0 Å². The van der Waals surface area contributed by atoms with Crippen molar-refractivity contribution >= 4 is 5.69 Å². The van der Waals surface area contributed by atoms with Crippen molar-refractivity contribution in [3.8, 4) is 0 Å². The van der Waals surface area contributed by atoms with Gasteiger partial charge in [-0.05, 0) is 24.0 Å². The van der Waals surface area contributed by atoms with Crippen LogP contribution < -0.4 is 10.6 Å². The Bertz CT molecular complexity index is 294. The first-order valence-electron chi connectivity index (χ1n) is 5.64. The highest BCUT2D eigenvalue weighted by Crippen LogP contribution is 2.19. The molecule has 1 rings (SSSR count). The molecule has 0 aliphatic heterocycles. The molecular formula is C13H22N2. The Morgan fingerprint density at radius 1 is 1.27 bits per heavy atom. The van der Waals surface area contributed by atoms with Crippen molar-refractivity contribution in [2.75, 3.05) is 18.5 Å². The molecule has 0 radical (unpaired) electrons. The number of para-hydroxylation sites is 1. The molecule has 0 aromatic heterocycles. The molecule has 0 heterocycles. The quantitative estimate of drug-likeness (QED) is 0.802. The average molecular weight is 206 g/mol. The topological polar surface area (TPSA) is 29.3 Å². The van der Waals surface area contributed by atoms with Gasteiger partial charge >= 0.3 is 0 Å². The SMILES string of the molecule is CC(C)CCN(C)c1ccccc1CN. The van der Waals surface area contributed by atoms with Crippen LogP contribution >= 0.6 is 0 Å². The molecule has 2 N–H and O–H groups in total. The standard InChI is InChI=1S/C13H22N2/c1-11(2)8-9-15(3)13-7-5-4-6-12(13)10-14/h4-7,11H,8-10,14H2,1-3H3. The molecule has 1 aromatic rings. The first-order valence-corrected chi connectivity index (χ1v) is 5.64. The highest BCUT2D eigenvalue weighted by molar-refractivity contribution is 5.52. The van der Waals surface area contributed by atoms with E-state index in [1.165, 1.54) is 17.7 Å². The maximum Gasteiger partial charge on any atom is 0.0409 e. The summed E-state index contributed by atoms with van der Waals surface area (Å²) in [5, 5.41) is 0. The maximum absolute atomic E-state index is 5.72. The van der Waals surface area contributed by atoms with E-state index in [4.69, 9.17) is 5.73 Å². The Morgan fingerprint density at radius 3 is 2.53 bits per heavy atom. The number of benzene rings is 1. The van der Waals surface area contributed by atoms with Crippen molar-refractivity contribution in [1.29, 1.82) is 0 Å². The Balaban J connectivity index is 2.68. The molecule has 0 aliphatic rings. The first kappa shape index (κ1) is 12.1. The second kappa shape index (κ2) is 5.76. The molecule has 15 heavy (non-hydrogen) atoms. The van der Waals surface area contributed by atoms with E-state index in [0.29, 0.717) is 6.54 Å². The summed E-state index contributed by atoms with van der Waals surface area (Å²) in [6.07, 6.45) is 1.22. The van der Waals surface area contributed by atoms with E-state index in [-0.39, 0.29) is 0 Å². The van der Waals surface area contributed by atoms with Crippen LogP contribution in [-0.2, 0) is 6.54 Å². The Morgan fingerprint density at radius 2 is 1.93 bits per heavy atom. The van der Waals surface area contributed by atoms with Crippen molar-refractivity contribution in [3.63, 3.8) is 0 Å². The summed E-state index contributed by atoms with van der Waals surface area (Å²) in [5.41, 5.74) is 8.21. The molecule has 0 unspecified atom stereocenters. The van der Waals surface area contributed by atoms with Gasteiger partial charge in [0.25, 0.3) is 0 Å². The van der Waals surface area contributed by atoms with Crippen molar-refractivity contribution in [3.05, 3.63) is 29.8 Å². The zero-order valence-electron chi connectivity index (χ0n) is 10.0. The summed E-state index contributed by atoms with van der Waals surface area (Å²) >= 11 is 0. The Kier molecular flexibility index (Phi) is 4.63. The fraction of sp³-hybridized carbons (Fsp3) is 0.538. The van der Waals surface area contributed by atoms with Crippen molar-refractivity contribution in [2.24, 2.45) is 11.7 Å². The fourth-order valence-corrected chi connectivity index (χ4v) is 1.63. The van der Waals surface area contributed by atoms with Gasteiger partial charge in [0.2, 0.25) is 0 Å². The lowest BCUT2D eigenvalue weighted by molar-refractivity contribution is 0.584. The molecule has 84 valence electrons. The second-order valence-corrected chi connectivity index (χ2v) is 4.44. The van der Waals surface area contributed by atoms with Crippen LogP contribution in [0.4, 0.5) is 5.69 Å². The minimum atomic E-state index is 0.613. The molecule has 2 heteroatoms. The van der Waals surface area contributed by atoms with E-state index in [9.17, 15) is 0 Å². The van der Waals surface area contributed by atoms with Gasteiger partial charge in [0.15, 0.2) is 0 Å². The van der Waals surface area contributed by atoms with Crippen molar-refractivity contribution < 1.29 is 0 Å². The van der Waals surface area contributed by atoms with E-state index in [1.807, 2.05) is 6.07 Å². The van der Waals surface area contributed by atoms with Crippen LogP contribution in [0.1, 0.15) is 25.8 Å². The monoisotopic (exact) mass is 206 g/mol. The second-order valence-electron chi connectivity index (χ2n) is 4.44. The van der Waals surface area contributed by atoms with Gasteiger partial charge in [0.1, 0.15) is 0 Å². The van der Waals surface area contributed by atoms with E-state index in [0.717, 1.165) is 12.5 Å². The largest absolute Gasteiger partial charge is 0.374 e. The van der Waals surface area contributed by atoms with Gasteiger partial charge < -0.3 is 10.6 Å². The molecule has 0 amide bonds. The lowest BCUT2D eigenvalue weighted by Crippen LogP contribution is -2.21. The van der Waals surface area contributed by atoms with Gasteiger partial charge in [-0.25, -0.2) is 0 Å². The first-order chi connectivity index (χ1) is 7.15. The fourth-order valence-electron chi connectivity index (χ4n) is 1.63. The van der Waals surface area contributed by atoms with Gasteiger partial charge in [-0.2, -0.15) is 0 Å². The summed E-state index contributed by atoms with van der Waals surface area (Å²) in [6, 6.07) is 8.35. The minimum absolute atomic E-state index is 0.613. The number of nitrogens with two attached hydrogens (primary N) is 1. The van der Waals surface area contributed by atoms with Crippen molar-refractivity contribution in [2.45, 2.75) is 26.8 Å².